The van der Waals surface area contributed by atoms with E-state index in [4.69, 9.17) is 13.9 Å². The number of aryl methyl sites for hydroxylation is 1. The van der Waals surface area contributed by atoms with Gasteiger partial charge >= 0.3 is 5.97 Å². The lowest BCUT2D eigenvalue weighted by Gasteiger charge is -2.30. The van der Waals surface area contributed by atoms with E-state index in [1.807, 2.05) is 55.5 Å². The Morgan fingerprint density at radius 3 is 2.61 bits per heavy atom. The van der Waals surface area contributed by atoms with Gasteiger partial charge in [0.1, 0.15) is 11.3 Å². The van der Waals surface area contributed by atoms with Crippen LogP contribution in [0.3, 0.4) is 0 Å². The van der Waals surface area contributed by atoms with Gasteiger partial charge in [0, 0.05) is 19.0 Å². The second-order valence-corrected chi connectivity index (χ2v) is 7.70. The average Bonchev–Trinajstić information content (AvgIpc) is 3.23. The molecule has 0 saturated carbocycles. The summed E-state index contributed by atoms with van der Waals surface area (Å²) in [6.45, 7) is 3.11. The maximum Gasteiger partial charge on any atom is 0.309 e. The van der Waals surface area contributed by atoms with Gasteiger partial charge in [-0.15, -0.1) is 0 Å². The van der Waals surface area contributed by atoms with Gasteiger partial charge in [-0.05, 0) is 43.5 Å². The van der Waals surface area contributed by atoms with Crippen LogP contribution in [-0.4, -0.2) is 48.1 Å². The van der Waals surface area contributed by atoms with E-state index >= 15 is 0 Å². The van der Waals surface area contributed by atoms with Gasteiger partial charge < -0.3 is 18.8 Å². The van der Waals surface area contributed by atoms with Crippen molar-refractivity contribution in [1.29, 1.82) is 0 Å². The van der Waals surface area contributed by atoms with E-state index in [1.165, 1.54) is 0 Å². The molecule has 31 heavy (non-hydrogen) atoms. The first-order valence-electron chi connectivity index (χ1n) is 10.6. The summed E-state index contributed by atoms with van der Waals surface area (Å²) in [6.07, 6.45) is 1.65. The number of likely N-dealkylation sites (tertiary alicyclic amines) is 1. The summed E-state index contributed by atoms with van der Waals surface area (Å²) < 4.78 is 16.6. The van der Waals surface area contributed by atoms with Crippen LogP contribution in [0.5, 0.6) is 5.75 Å². The summed E-state index contributed by atoms with van der Waals surface area (Å²) in [7, 11) is 0. The van der Waals surface area contributed by atoms with Crippen LogP contribution in [-0.2, 0) is 14.3 Å². The van der Waals surface area contributed by atoms with E-state index in [1.54, 1.807) is 4.90 Å². The molecule has 4 rings (SSSR count). The summed E-state index contributed by atoms with van der Waals surface area (Å²) in [4.78, 5) is 30.6. The Morgan fingerprint density at radius 1 is 1.10 bits per heavy atom. The van der Waals surface area contributed by atoms with Gasteiger partial charge in [0.2, 0.25) is 0 Å². The minimum absolute atomic E-state index is 0.0986. The molecule has 0 bridgehead atoms. The Kier molecular flexibility index (Phi) is 6.50. The smallest absolute Gasteiger partial charge is 0.309 e. The molecule has 0 N–H and O–H groups in total. The third-order valence-electron chi connectivity index (χ3n) is 5.52. The minimum atomic E-state index is -0.441. The van der Waals surface area contributed by atoms with Crippen molar-refractivity contribution in [3.05, 3.63) is 60.0 Å². The summed E-state index contributed by atoms with van der Waals surface area (Å²) in [5.74, 6) is 1.05. The van der Waals surface area contributed by atoms with Gasteiger partial charge in [-0.1, -0.05) is 30.3 Å². The number of hydrogen-bond acceptors (Lipinski definition) is 6. The standard InChI is InChI=1S/C24H26N2O5/c1-17-6-2-4-8-20(17)29-15-12-23(28)30-16-22(27)26-13-10-18(11-14-26)24-25-19-7-3-5-9-21(19)31-24/h2-9,18H,10-16H2,1H3. The molecule has 0 atom stereocenters. The highest BCUT2D eigenvalue weighted by Crippen LogP contribution is 2.29. The highest BCUT2D eigenvalue weighted by atomic mass is 16.5. The first-order valence-corrected chi connectivity index (χ1v) is 10.6. The third-order valence-corrected chi connectivity index (χ3v) is 5.52. The van der Waals surface area contributed by atoms with Crippen LogP contribution in [0.25, 0.3) is 11.1 Å². The zero-order valence-corrected chi connectivity index (χ0v) is 17.6. The largest absolute Gasteiger partial charge is 0.493 e. The number of fused-ring (bicyclic) bond motifs is 1. The number of hydrogen-bond donors (Lipinski definition) is 0. The topological polar surface area (TPSA) is 81.9 Å². The SMILES string of the molecule is Cc1ccccc1OCCC(=O)OCC(=O)N1CCC(c2nc3ccccc3o2)CC1. The van der Waals surface area contributed by atoms with Gasteiger partial charge in [0.15, 0.2) is 18.1 Å². The number of aromatic nitrogens is 1. The fraction of sp³-hybridized carbons (Fsp3) is 0.375. The normalized spacial score (nSPS) is 14.5. The Balaban J connectivity index is 1.17. The summed E-state index contributed by atoms with van der Waals surface area (Å²) in [5.41, 5.74) is 2.65. The number of piperidine rings is 1. The van der Waals surface area contributed by atoms with Crippen molar-refractivity contribution in [2.45, 2.75) is 32.1 Å². The van der Waals surface area contributed by atoms with Crippen LogP contribution in [0.1, 0.15) is 36.6 Å². The summed E-state index contributed by atoms with van der Waals surface area (Å²) in [6, 6.07) is 15.3. The second-order valence-electron chi connectivity index (χ2n) is 7.70. The summed E-state index contributed by atoms with van der Waals surface area (Å²) >= 11 is 0. The number of para-hydroxylation sites is 3. The number of carbonyl (C=O) groups is 2. The molecule has 0 unspecified atom stereocenters. The van der Waals surface area contributed by atoms with Crippen LogP contribution in [0, 0.1) is 6.92 Å². The molecule has 1 fully saturated rings. The van der Waals surface area contributed by atoms with Crippen molar-refractivity contribution >= 4 is 23.0 Å². The van der Waals surface area contributed by atoms with Crippen LogP contribution >= 0.6 is 0 Å². The van der Waals surface area contributed by atoms with E-state index in [0.717, 1.165) is 41.1 Å². The lowest BCUT2D eigenvalue weighted by Crippen LogP contribution is -2.40. The second kappa shape index (κ2) is 9.64. The number of nitrogens with zero attached hydrogens (tertiary/aromatic N) is 2. The van der Waals surface area contributed by atoms with Crippen molar-refractivity contribution in [2.24, 2.45) is 0 Å². The summed E-state index contributed by atoms with van der Waals surface area (Å²) in [5, 5.41) is 0. The zero-order chi connectivity index (χ0) is 21.6. The number of carbonyl (C=O) groups excluding carboxylic acids is 2. The molecule has 2 aromatic carbocycles. The zero-order valence-electron chi connectivity index (χ0n) is 17.6. The molecule has 0 radical (unpaired) electrons. The van der Waals surface area contributed by atoms with Crippen molar-refractivity contribution in [3.8, 4) is 5.75 Å². The number of esters is 1. The Labute approximate surface area is 181 Å². The van der Waals surface area contributed by atoms with E-state index in [9.17, 15) is 9.59 Å². The fourth-order valence-corrected chi connectivity index (χ4v) is 3.71. The predicted molar refractivity (Wildman–Crippen MR) is 115 cm³/mol. The first kappa shape index (κ1) is 20.9. The van der Waals surface area contributed by atoms with Crippen LogP contribution in [0.15, 0.2) is 52.9 Å². The molecule has 162 valence electrons. The molecule has 1 saturated heterocycles. The lowest BCUT2D eigenvalue weighted by atomic mass is 9.97. The van der Waals surface area contributed by atoms with Crippen LogP contribution < -0.4 is 4.74 Å². The maximum atomic E-state index is 12.4. The predicted octanol–water partition coefficient (Wildman–Crippen LogP) is 3.85. The van der Waals surface area contributed by atoms with Crippen LogP contribution in [0.2, 0.25) is 0 Å². The average molecular weight is 422 g/mol. The van der Waals surface area contributed by atoms with Gasteiger partial charge in [-0.2, -0.15) is 0 Å². The highest BCUT2D eigenvalue weighted by molar-refractivity contribution is 5.80. The number of ether oxygens (including phenoxy) is 2. The van der Waals surface area contributed by atoms with E-state index < -0.39 is 5.97 Å². The van der Waals surface area contributed by atoms with Gasteiger partial charge in [0.05, 0.1) is 13.0 Å². The molecular formula is C24H26N2O5. The number of oxazole rings is 1. The lowest BCUT2D eigenvalue weighted by molar-refractivity contribution is -0.152. The number of rotatable bonds is 7. The Bertz CT molecular complexity index is 1020. The molecule has 1 aliphatic heterocycles. The fourth-order valence-electron chi connectivity index (χ4n) is 3.71. The Morgan fingerprint density at radius 2 is 1.84 bits per heavy atom. The van der Waals surface area contributed by atoms with Crippen molar-refractivity contribution in [2.75, 3.05) is 26.3 Å². The van der Waals surface area contributed by atoms with Crippen LogP contribution in [0.4, 0.5) is 0 Å². The third kappa shape index (κ3) is 5.23. The Hall–Kier alpha value is -3.35. The molecule has 3 aromatic rings. The quantitative estimate of drug-likeness (QED) is 0.538. The van der Waals surface area contributed by atoms with Gasteiger partial charge in [-0.25, -0.2) is 4.98 Å². The number of benzene rings is 2. The molecule has 7 nitrogen and oxygen atoms in total. The minimum Gasteiger partial charge on any atom is -0.493 e. The van der Waals surface area contributed by atoms with E-state index in [2.05, 4.69) is 4.98 Å². The first-order chi connectivity index (χ1) is 15.1. The molecule has 1 aromatic heterocycles. The highest BCUT2D eigenvalue weighted by Gasteiger charge is 2.27. The molecule has 0 aliphatic carbocycles. The van der Waals surface area contributed by atoms with Crippen molar-refractivity contribution in [3.63, 3.8) is 0 Å². The van der Waals surface area contributed by atoms with Gasteiger partial charge in [0.25, 0.3) is 5.91 Å². The van der Waals surface area contributed by atoms with Crippen molar-refractivity contribution < 1.29 is 23.5 Å². The van der Waals surface area contributed by atoms with Crippen molar-refractivity contribution in [1.82, 2.24) is 9.88 Å². The van der Waals surface area contributed by atoms with E-state index in [-0.39, 0.29) is 31.5 Å². The van der Waals surface area contributed by atoms with Gasteiger partial charge in [-0.3, -0.25) is 9.59 Å². The maximum absolute atomic E-state index is 12.4. The molecule has 7 heteroatoms. The molecule has 2 heterocycles. The monoisotopic (exact) mass is 422 g/mol. The molecular weight excluding hydrogens is 396 g/mol. The molecule has 0 spiro atoms. The molecule has 1 amide bonds. The molecule has 1 aliphatic rings. The number of amides is 1. The van der Waals surface area contributed by atoms with E-state index in [0.29, 0.717) is 13.1 Å².